The average molecular weight is 431 g/mol. The molecule has 0 amide bonds. The van der Waals surface area contributed by atoms with Gasteiger partial charge < -0.3 is 19.3 Å². The van der Waals surface area contributed by atoms with Crippen molar-refractivity contribution >= 4 is 17.3 Å². The molecule has 0 saturated carbocycles. The van der Waals surface area contributed by atoms with Crippen molar-refractivity contribution in [1.82, 2.24) is 19.6 Å². The quantitative estimate of drug-likeness (QED) is 0.480. The second-order valence-electron chi connectivity index (χ2n) is 7.79. The lowest BCUT2D eigenvalue weighted by atomic mass is 10.1. The number of hydrogen-bond acceptors (Lipinski definition) is 7. The highest BCUT2D eigenvalue weighted by atomic mass is 16.5. The Morgan fingerprint density at radius 2 is 1.62 bits per heavy atom. The van der Waals surface area contributed by atoms with Crippen LogP contribution in [-0.2, 0) is 0 Å². The molecule has 4 heterocycles. The third kappa shape index (κ3) is 3.68. The molecular formula is C24H26N6O2. The lowest BCUT2D eigenvalue weighted by molar-refractivity contribution is 0.355. The molecule has 0 aliphatic carbocycles. The van der Waals surface area contributed by atoms with Gasteiger partial charge in [0.25, 0.3) is 0 Å². The summed E-state index contributed by atoms with van der Waals surface area (Å²) in [7, 11) is 3.27. The summed E-state index contributed by atoms with van der Waals surface area (Å²) in [5.74, 6) is 3.45. The number of methoxy groups -OCH3 is 2. The standard InChI is InChI=1S/C24H26N6O2/c1-17-14-24(29-12-10-28(11-13-29)22-6-4-5-9-25-22)30-23(26-17)16-19(27-30)18-7-8-20(31-2)21(15-18)32-3/h4-9,14-16H,10-13H2,1-3H3. The number of aromatic nitrogens is 4. The molecule has 8 nitrogen and oxygen atoms in total. The van der Waals surface area contributed by atoms with E-state index < -0.39 is 0 Å². The van der Waals surface area contributed by atoms with Crippen LogP contribution in [0, 0.1) is 6.92 Å². The Kier molecular flexibility index (Phi) is 5.26. The van der Waals surface area contributed by atoms with Gasteiger partial charge in [-0.3, -0.25) is 0 Å². The molecule has 0 N–H and O–H groups in total. The predicted octanol–water partition coefficient (Wildman–Crippen LogP) is 3.44. The largest absolute Gasteiger partial charge is 0.493 e. The molecule has 0 atom stereocenters. The maximum Gasteiger partial charge on any atom is 0.161 e. The summed E-state index contributed by atoms with van der Waals surface area (Å²) in [5.41, 5.74) is 3.60. The number of hydrogen-bond donors (Lipinski definition) is 0. The monoisotopic (exact) mass is 430 g/mol. The van der Waals surface area contributed by atoms with Crippen LogP contribution in [0.2, 0.25) is 0 Å². The number of fused-ring (bicyclic) bond motifs is 1. The van der Waals surface area contributed by atoms with E-state index >= 15 is 0 Å². The molecule has 3 aromatic heterocycles. The number of nitrogens with zero attached hydrogens (tertiary/aromatic N) is 6. The van der Waals surface area contributed by atoms with Gasteiger partial charge in [-0.25, -0.2) is 9.97 Å². The lowest BCUT2D eigenvalue weighted by Gasteiger charge is -2.36. The van der Waals surface area contributed by atoms with Gasteiger partial charge in [-0.15, -0.1) is 0 Å². The van der Waals surface area contributed by atoms with Crippen LogP contribution >= 0.6 is 0 Å². The molecule has 0 bridgehead atoms. The summed E-state index contributed by atoms with van der Waals surface area (Å²) in [4.78, 5) is 13.9. The summed E-state index contributed by atoms with van der Waals surface area (Å²) in [6.45, 7) is 5.62. The van der Waals surface area contributed by atoms with Crippen molar-refractivity contribution in [2.24, 2.45) is 0 Å². The minimum Gasteiger partial charge on any atom is -0.493 e. The molecule has 0 radical (unpaired) electrons. The maximum absolute atomic E-state index is 5.46. The predicted molar refractivity (Wildman–Crippen MR) is 125 cm³/mol. The Balaban J connectivity index is 1.45. The Bertz CT molecular complexity index is 1230. The van der Waals surface area contributed by atoms with Crippen molar-refractivity contribution < 1.29 is 9.47 Å². The smallest absolute Gasteiger partial charge is 0.161 e. The van der Waals surface area contributed by atoms with E-state index in [2.05, 4.69) is 26.9 Å². The van der Waals surface area contributed by atoms with E-state index in [0.29, 0.717) is 11.5 Å². The van der Waals surface area contributed by atoms with Gasteiger partial charge in [0, 0.05) is 55.8 Å². The van der Waals surface area contributed by atoms with Crippen molar-refractivity contribution in [2.75, 3.05) is 50.2 Å². The van der Waals surface area contributed by atoms with E-state index in [1.54, 1.807) is 14.2 Å². The SMILES string of the molecule is COc1ccc(-c2cc3nc(C)cc(N4CCN(c5ccccn5)CC4)n3n2)cc1OC. The van der Waals surface area contributed by atoms with Gasteiger partial charge in [-0.05, 0) is 37.3 Å². The van der Waals surface area contributed by atoms with E-state index in [9.17, 15) is 0 Å². The molecule has 1 aliphatic heterocycles. The first-order valence-corrected chi connectivity index (χ1v) is 10.7. The maximum atomic E-state index is 5.46. The van der Waals surface area contributed by atoms with Crippen LogP contribution in [0.25, 0.3) is 16.9 Å². The zero-order valence-corrected chi connectivity index (χ0v) is 18.5. The highest BCUT2D eigenvalue weighted by Gasteiger charge is 2.21. The second kappa shape index (κ2) is 8.37. The summed E-state index contributed by atoms with van der Waals surface area (Å²) < 4.78 is 12.8. The van der Waals surface area contributed by atoms with Crippen LogP contribution < -0.4 is 19.3 Å². The Labute approximate surface area is 187 Å². The number of aryl methyl sites for hydroxylation is 1. The van der Waals surface area contributed by atoms with Crippen LogP contribution in [0.15, 0.2) is 54.7 Å². The summed E-state index contributed by atoms with van der Waals surface area (Å²) in [6.07, 6.45) is 1.84. The first-order valence-electron chi connectivity index (χ1n) is 10.7. The van der Waals surface area contributed by atoms with E-state index in [4.69, 9.17) is 19.6 Å². The fourth-order valence-corrected chi connectivity index (χ4v) is 4.15. The van der Waals surface area contributed by atoms with Crippen molar-refractivity contribution in [2.45, 2.75) is 6.92 Å². The molecule has 32 heavy (non-hydrogen) atoms. The fraction of sp³-hybridized carbons (Fsp3) is 0.292. The first-order chi connectivity index (χ1) is 15.7. The van der Waals surface area contributed by atoms with Crippen molar-refractivity contribution in [3.63, 3.8) is 0 Å². The third-order valence-corrected chi connectivity index (χ3v) is 5.79. The number of benzene rings is 1. The van der Waals surface area contributed by atoms with E-state index in [1.807, 2.05) is 54.0 Å². The van der Waals surface area contributed by atoms with Crippen LogP contribution in [0.5, 0.6) is 11.5 Å². The molecule has 8 heteroatoms. The summed E-state index contributed by atoms with van der Waals surface area (Å²) >= 11 is 0. The number of piperazine rings is 1. The fourth-order valence-electron chi connectivity index (χ4n) is 4.15. The van der Waals surface area contributed by atoms with Crippen molar-refractivity contribution in [3.05, 3.63) is 60.4 Å². The third-order valence-electron chi connectivity index (χ3n) is 5.79. The van der Waals surface area contributed by atoms with Gasteiger partial charge in [0.1, 0.15) is 11.6 Å². The summed E-state index contributed by atoms with van der Waals surface area (Å²) in [6, 6.07) is 16.0. The highest BCUT2D eigenvalue weighted by molar-refractivity contribution is 5.69. The van der Waals surface area contributed by atoms with Gasteiger partial charge in [-0.1, -0.05) is 6.07 Å². The van der Waals surface area contributed by atoms with Crippen LogP contribution in [-0.4, -0.2) is 60.0 Å². The number of ether oxygens (including phenoxy) is 2. The van der Waals surface area contributed by atoms with Crippen LogP contribution in [0.1, 0.15) is 5.69 Å². The van der Waals surface area contributed by atoms with Gasteiger partial charge in [-0.2, -0.15) is 9.61 Å². The normalized spacial score (nSPS) is 14.1. The first kappa shape index (κ1) is 20.1. The minimum atomic E-state index is 0.678. The van der Waals surface area contributed by atoms with E-state index in [1.165, 1.54) is 0 Å². The second-order valence-corrected chi connectivity index (χ2v) is 7.79. The van der Waals surface area contributed by atoms with Crippen LogP contribution in [0.3, 0.4) is 0 Å². The zero-order chi connectivity index (χ0) is 22.1. The van der Waals surface area contributed by atoms with E-state index in [0.717, 1.165) is 60.4 Å². The van der Waals surface area contributed by atoms with Gasteiger partial charge >= 0.3 is 0 Å². The molecule has 1 fully saturated rings. The Morgan fingerprint density at radius 3 is 2.34 bits per heavy atom. The number of anilines is 2. The molecule has 1 aromatic carbocycles. The van der Waals surface area contributed by atoms with Crippen LogP contribution in [0.4, 0.5) is 11.6 Å². The molecule has 0 unspecified atom stereocenters. The molecular weight excluding hydrogens is 404 g/mol. The Morgan fingerprint density at radius 1 is 0.844 bits per heavy atom. The Hall–Kier alpha value is -3.81. The van der Waals surface area contributed by atoms with Gasteiger partial charge in [0.2, 0.25) is 0 Å². The van der Waals surface area contributed by atoms with Crippen molar-refractivity contribution in [3.8, 4) is 22.8 Å². The number of pyridine rings is 1. The van der Waals surface area contributed by atoms with Gasteiger partial charge in [0.15, 0.2) is 17.1 Å². The average Bonchev–Trinajstić information content (AvgIpc) is 3.27. The molecule has 0 spiro atoms. The zero-order valence-electron chi connectivity index (χ0n) is 18.5. The molecule has 4 aromatic rings. The van der Waals surface area contributed by atoms with E-state index in [-0.39, 0.29) is 0 Å². The topological polar surface area (TPSA) is 68.0 Å². The molecule has 164 valence electrons. The highest BCUT2D eigenvalue weighted by Crippen LogP contribution is 2.32. The summed E-state index contributed by atoms with van der Waals surface area (Å²) in [5, 5.41) is 4.90. The van der Waals surface area contributed by atoms with Crippen molar-refractivity contribution in [1.29, 1.82) is 0 Å². The molecule has 1 aliphatic rings. The lowest BCUT2D eigenvalue weighted by Crippen LogP contribution is -2.47. The number of rotatable bonds is 5. The molecule has 5 rings (SSSR count). The van der Waals surface area contributed by atoms with Gasteiger partial charge in [0.05, 0.1) is 19.9 Å². The minimum absolute atomic E-state index is 0.678. The molecule has 1 saturated heterocycles.